The molecule has 3 aliphatic rings. The lowest BCUT2D eigenvalue weighted by molar-refractivity contribution is -0.359. The summed E-state index contributed by atoms with van der Waals surface area (Å²) < 4.78 is 87.4. The van der Waals surface area contributed by atoms with Gasteiger partial charge in [-0.05, 0) is 57.2 Å². The van der Waals surface area contributed by atoms with Gasteiger partial charge < -0.3 is 4.43 Å². The summed E-state index contributed by atoms with van der Waals surface area (Å²) in [5.41, 5.74) is -4.08. The van der Waals surface area contributed by atoms with Crippen molar-refractivity contribution in [2.45, 2.75) is 89.5 Å². The SMILES string of the molecule is C[C@@]12CCCC(=O)[C@@H]1CC=C2C1(C=CCC(O[Si](C)(C)C)(C(F)(F)F)C(F)(F)F)CC1. The van der Waals surface area contributed by atoms with Crippen LogP contribution in [-0.2, 0) is 9.22 Å². The first-order valence-electron chi connectivity index (χ1n) is 10.7. The highest BCUT2D eigenvalue weighted by molar-refractivity contribution is 6.69. The number of rotatable bonds is 6. The zero-order valence-corrected chi connectivity index (χ0v) is 19.3. The minimum atomic E-state index is -5.59. The first kappa shape index (κ1) is 24.5. The third-order valence-electron chi connectivity index (χ3n) is 7.01. The van der Waals surface area contributed by atoms with Crippen LogP contribution in [0.4, 0.5) is 26.3 Å². The number of halogens is 6. The van der Waals surface area contributed by atoms with Crippen LogP contribution in [0.15, 0.2) is 23.8 Å². The molecule has 2 fully saturated rings. The van der Waals surface area contributed by atoms with E-state index in [0.29, 0.717) is 25.7 Å². The van der Waals surface area contributed by atoms with Crippen LogP contribution < -0.4 is 0 Å². The summed E-state index contributed by atoms with van der Waals surface area (Å²) in [5, 5.41) is 0. The van der Waals surface area contributed by atoms with Crippen molar-refractivity contribution in [2.24, 2.45) is 16.7 Å². The van der Waals surface area contributed by atoms with Gasteiger partial charge in [-0.1, -0.05) is 30.7 Å². The largest absolute Gasteiger partial charge is 0.425 e. The molecule has 2 atom stereocenters. The van der Waals surface area contributed by atoms with Crippen molar-refractivity contribution in [1.29, 1.82) is 0 Å². The maximum absolute atomic E-state index is 13.8. The summed E-state index contributed by atoms with van der Waals surface area (Å²) >= 11 is 0. The predicted molar refractivity (Wildman–Crippen MR) is 108 cm³/mol. The molecule has 0 N–H and O–H groups in total. The van der Waals surface area contributed by atoms with Gasteiger partial charge in [-0.25, -0.2) is 0 Å². The molecular formula is C22H30F6O2Si. The molecular weight excluding hydrogens is 438 g/mol. The van der Waals surface area contributed by atoms with Crippen molar-refractivity contribution < 1.29 is 35.6 Å². The van der Waals surface area contributed by atoms with Crippen LogP contribution in [0.3, 0.4) is 0 Å². The van der Waals surface area contributed by atoms with Gasteiger partial charge in [0.15, 0.2) is 8.32 Å². The molecule has 0 amide bonds. The second kappa shape index (κ2) is 7.47. The second-order valence-corrected chi connectivity index (χ2v) is 14.9. The molecule has 0 aromatic rings. The highest BCUT2D eigenvalue weighted by atomic mass is 28.4. The van der Waals surface area contributed by atoms with E-state index in [2.05, 4.69) is 0 Å². The van der Waals surface area contributed by atoms with E-state index in [1.807, 2.05) is 13.0 Å². The van der Waals surface area contributed by atoms with E-state index >= 15 is 0 Å². The van der Waals surface area contributed by atoms with Crippen LogP contribution in [0.2, 0.25) is 19.6 Å². The van der Waals surface area contributed by atoms with Gasteiger partial charge in [0.25, 0.3) is 5.60 Å². The van der Waals surface area contributed by atoms with Gasteiger partial charge >= 0.3 is 12.4 Å². The molecule has 0 saturated heterocycles. The normalized spacial score (nSPS) is 29.3. The number of alkyl halides is 6. The highest BCUT2D eigenvalue weighted by Crippen LogP contribution is 2.65. The Bertz CT molecular complexity index is 771. The molecule has 0 heterocycles. The van der Waals surface area contributed by atoms with E-state index in [-0.39, 0.29) is 17.1 Å². The van der Waals surface area contributed by atoms with E-state index in [0.717, 1.165) is 24.5 Å². The molecule has 0 spiro atoms. The number of carbonyl (C=O) groups excluding carboxylic acids is 1. The second-order valence-electron chi connectivity index (χ2n) is 10.4. The summed E-state index contributed by atoms with van der Waals surface area (Å²) in [6, 6.07) is 0. The molecule has 2 saturated carbocycles. The van der Waals surface area contributed by atoms with Gasteiger partial charge in [-0.2, -0.15) is 26.3 Å². The van der Waals surface area contributed by atoms with E-state index in [4.69, 9.17) is 4.43 Å². The molecule has 0 aromatic carbocycles. The fourth-order valence-electron chi connectivity index (χ4n) is 5.47. The Balaban J connectivity index is 1.89. The predicted octanol–water partition coefficient (Wildman–Crippen LogP) is 7.13. The Labute approximate surface area is 180 Å². The molecule has 2 nitrogen and oxygen atoms in total. The van der Waals surface area contributed by atoms with Crippen molar-refractivity contribution in [3.8, 4) is 0 Å². The lowest BCUT2D eigenvalue weighted by atomic mass is 9.63. The number of carbonyl (C=O) groups is 1. The van der Waals surface area contributed by atoms with Crippen LogP contribution in [0.25, 0.3) is 0 Å². The van der Waals surface area contributed by atoms with Crippen LogP contribution in [0.1, 0.15) is 51.9 Å². The van der Waals surface area contributed by atoms with Crippen LogP contribution in [0.5, 0.6) is 0 Å². The third-order valence-corrected chi connectivity index (χ3v) is 7.97. The van der Waals surface area contributed by atoms with Crippen LogP contribution >= 0.6 is 0 Å². The topological polar surface area (TPSA) is 26.3 Å². The zero-order chi connectivity index (χ0) is 23.5. The molecule has 0 radical (unpaired) electrons. The van der Waals surface area contributed by atoms with E-state index in [1.165, 1.54) is 25.7 Å². The van der Waals surface area contributed by atoms with Gasteiger partial charge in [0, 0.05) is 24.2 Å². The number of hydrogen-bond donors (Lipinski definition) is 0. The minimum absolute atomic E-state index is 0.123. The van der Waals surface area contributed by atoms with Gasteiger partial charge in [-0.15, -0.1) is 0 Å². The van der Waals surface area contributed by atoms with Gasteiger partial charge in [0.2, 0.25) is 0 Å². The molecule has 0 unspecified atom stereocenters. The average molecular weight is 469 g/mol. The Hall–Kier alpha value is -1.09. The monoisotopic (exact) mass is 468 g/mol. The van der Waals surface area contributed by atoms with E-state index in [1.54, 1.807) is 0 Å². The van der Waals surface area contributed by atoms with Crippen molar-refractivity contribution in [3.05, 3.63) is 23.8 Å². The quantitative estimate of drug-likeness (QED) is 0.235. The van der Waals surface area contributed by atoms with Gasteiger partial charge in [-0.3, -0.25) is 4.79 Å². The maximum Gasteiger partial charge on any atom is 0.425 e. The summed E-state index contributed by atoms with van der Waals surface area (Å²) in [6.07, 6.45) is -3.89. The third kappa shape index (κ3) is 4.28. The van der Waals surface area contributed by atoms with Crippen LogP contribution in [-0.4, -0.2) is 32.1 Å². The number of hydrogen-bond acceptors (Lipinski definition) is 2. The van der Waals surface area contributed by atoms with Crippen LogP contribution in [0, 0.1) is 16.7 Å². The van der Waals surface area contributed by atoms with Crippen molar-refractivity contribution in [2.75, 3.05) is 0 Å². The van der Waals surface area contributed by atoms with Crippen molar-refractivity contribution >= 4 is 14.1 Å². The van der Waals surface area contributed by atoms with E-state index in [9.17, 15) is 31.1 Å². The molecule has 3 aliphatic carbocycles. The van der Waals surface area contributed by atoms with Gasteiger partial charge in [0.05, 0.1) is 0 Å². The molecule has 0 aliphatic heterocycles. The average Bonchev–Trinajstić information content (AvgIpc) is 3.25. The fourth-order valence-corrected chi connectivity index (χ4v) is 6.83. The first-order chi connectivity index (χ1) is 14.0. The minimum Gasteiger partial charge on any atom is -0.397 e. The molecule has 31 heavy (non-hydrogen) atoms. The van der Waals surface area contributed by atoms with Crippen molar-refractivity contribution in [1.82, 2.24) is 0 Å². The Morgan fingerprint density at radius 3 is 2.16 bits per heavy atom. The summed E-state index contributed by atoms with van der Waals surface area (Å²) in [5.74, 6) is 0.0817. The lowest BCUT2D eigenvalue weighted by Gasteiger charge is -2.41. The molecule has 9 heteroatoms. The van der Waals surface area contributed by atoms with Gasteiger partial charge in [0.1, 0.15) is 5.78 Å². The standard InChI is InChI=1S/C22H30F6O2Si/c1-18-10-5-7-16(29)15(18)8-9-17(18)19(13-14-19)11-6-12-20(21(23,24)25,22(26,27)28)30-31(2,3)4/h6,9,11,15H,5,7-8,10,12-14H2,1-4H3/t15-,18+/m0/s1. The Morgan fingerprint density at radius 2 is 1.68 bits per heavy atom. The van der Waals surface area contributed by atoms with E-state index < -0.39 is 38.1 Å². The van der Waals surface area contributed by atoms with Crippen molar-refractivity contribution in [3.63, 3.8) is 0 Å². The summed E-state index contributed by atoms with van der Waals surface area (Å²) in [6.45, 7) is 5.96. The molecule has 176 valence electrons. The zero-order valence-electron chi connectivity index (χ0n) is 18.3. The fraction of sp³-hybridized carbons (Fsp3) is 0.773. The number of fused-ring (bicyclic) bond motifs is 1. The number of allylic oxidation sites excluding steroid dienone is 3. The maximum atomic E-state index is 13.8. The molecule has 3 rings (SSSR count). The molecule has 0 aromatic heterocycles. The smallest absolute Gasteiger partial charge is 0.397 e. The highest BCUT2D eigenvalue weighted by Gasteiger charge is 2.72. The summed E-state index contributed by atoms with van der Waals surface area (Å²) in [4.78, 5) is 12.4. The molecule has 0 bridgehead atoms. The summed E-state index contributed by atoms with van der Waals surface area (Å²) in [7, 11) is -3.18. The number of Topliss-reactive ketones (excluding diaryl/α,β-unsaturated/α-hetero) is 1. The number of ketones is 1. The Morgan fingerprint density at radius 1 is 1.10 bits per heavy atom. The first-order valence-corrected chi connectivity index (χ1v) is 14.1. The lowest BCUT2D eigenvalue weighted by Crippen LogP contribution is -2.62. The Kier molecular flexibility index (Phi) is 5.91.